The molecule has 3 aromatic rings. The van der Waals surface area contributed by atoms with Gasteiger partial charge in [-0.25, -0.2) is 8.42 Å². The Morgan fingerprint density at radius 2 is 1.77 bits per heavy atom. The van der Waals surface area contributed by atoms with Crippen molar-refractivity contribution in [1.29, 1.82) is 5.26 Å². The third-order valence-electron chi connectivity index (χ3n) is 4.06. The van der Waals surface area contributed by atoms with Gasteiger partial charge in [-0.1, -0.05) is 23.7 Å². The number of nitriles is 1. The monoisotopic (exact) mass is 441 g/mol. The van der Waals surface area contributed by atoms with E-state index in [1.54, 1.807) is 24.3 Å². The van der Waals surface area contributed by atoms with E-state index in [1.807, 2.05) is 6.07 Å². The van der Waals surface area contributed by atoms with Crippen molar-refractivity contribution in [2.45, 2.75) is 4.90 Å². The van der Waals surface area contributed by atoms with Crippen molar-refractivity contribution in [3.05, 3.63) is 82.9 Å². The molecule has 0 heterocycles. The van der Waals surface area contributed by atoms with Gasteiger partial charge >= 0.3 is 0 Å². The second-order valence-corrected chi connectivity index (χ2v) is 8.15. The lowest BCUT2D eigenvalue weighted by molar-refractivity contribution is 0.0964. The Hall–Kier alpha value is -3.54. The van der Waals surface area contributed by atoms with Crippen molar-refractivity contribution in [2.24, 2.45) is 0 Å². The molecule has 3 aromatic carbocycles. The fourth-order valence-corrected chi connectivity index (χ4v) is 3.82. The third kappa shape index (κ3) is 4.71. The molecular weight excluding hydrogens is 426 g/mol. The molecule has 0 aliphatic heterocycles. The van der Waals surface area contributed by atoms with Gasteiger partial charge in [0.05, 0.1) is 32.8 Å². The molecule has 0 aliphatic carbocycles. The van der Waals surface area contributed by atoms with Crippen LogP contribution in [-0.2, 0) is 10.0 Å². The maximum atomic E-state index is 12.8. The predicted molar refractivity (Wildman–Crippen MR) is 113 cm³/mol. The summed E-state index contributed by atoms with van der Waals surface area (Å²) in [5, 5.41) is 11.9. The number of sulfonamides is 1. The summed E-state index contributed by atoms with van der Waals surface area (Å²) < 4.78 is 33.6. The molecule has 1 amide bonds. The molecule has 0 bridgehead atoms. The lowest BCUT2D eigenvalue weighted by atomic mass is 10.1. The highest BCUT2D eigenvalue weighted by Gasteiger charge is 2.19. The van der Waals surface area contributed by atoms with E-state index in [-0.39, 0.29) is 21.7 Å². The van der Waals surface area contributed by atoms with Gasteiger partial charge < -0.3 is 10.1 Å². The van der Waals surface area contributed by atoms with Crippen molar-refractivity contribution in [1.82, 2.24) is 5.32 Å². The molecule has 0 saturated carbocycles. The smallest absolute Gasteiger partial charge is 0.261 e. The van der Waals surface area contributed by atoms with Gasteiger partial charge in [-0.05, 0) is 54.6 Å². The number of amides is 1. The van der Waals surface area contributed by atoms with Crippen LogP contribution in [0.25, 0.3) is 0 Å². The molecule has 2 N–H and O–H groups in total. The molecule has 0 atom stereocenters. The first-order chi connectivity index (χ1) is 14.3. The number of ether oxygens (including phenoxy) is 1. The summed E-state index contributed by atoms with van der Waals surface area (Å²) in [4.78, 5) is 12.1. The zero-order valence-electron chi connectivity index (χ0n) is 15.7. The normalized spacial score (nSPS) is 10.7. The summed E-state index contributed by atoms with van der Waals surface area (Å²) in [6.07, 6.45) is 0. The van der Waals surface area contributed by atoms with Gasteiger partial charge in [-0.2, -0.15) is 5.26 Å². The van der Waals surface area contributed by atoms with Crippen LogP contribution in [0, 0.1) is 11.3 Å². The number of anilines is 1. The Labute approximate surface area is 178 Å². The summed E-state index contributed by atoms with van der Waals surface area (Å²) in [6, 6.07) is 18.7. The van der Waals surface area contributed by atoms with E-state index in [0.29, 0.717) is 16.5 Å². The van der Waals surface area contributed by atoms with Crippen LogP contribution < -0.4 is 14.8 Å². The Balaban J connectivity index is 1.85. The summed E-state index contributed by atoms with van der Waals surface area (Å²) in [7, 11) is -2.58. The first-order valence-electron chi connectivity index (χ1n) is 8.65. The number of para-hydroxylation sites is 1. The predicted octanol–water partition coefficient (Wildman–Crippen LogP) is 4.16. The molecule has 0 aliphatic rings. The van der Waals surface area contributed by atoms with Crippen molar-refractivity contribution in [3.8, 4) is 17.6 Å². The topological polar surface area (TPSA) is 108 Å². The van der Waals surface area contributed by atoms with Gasteiger partial charge in [0.25, 0.3) is 15.9 Å². The number of halogens is 1. The minimum atomic E-state index is -3.99. The van der Waals surface area contributed by atoms with E-state index < -0.39 is 15.9 Å². The molecular formula is C21H16ClN3O4S. The van der Waals surface area contributed by atoms with Gasteiger partial charge in [-0.3, -0.25) is 9.52 Å². The molecule has 0 aromatic heterocycles. The first kappa shape index (κ1) is 21.2. The van der Waals surface area contributed by atoms with Crippen LogP contribution in [0.4, 0.5) is 5.69 Å². The number of carbonyl (C=O) groups excluding carboxylic acids is 1. The molecule has 3 rings (SSSR count). The number of benzene rings is 3. The molecule has 9 heteroatoms. The highest BCUT2D eigenvalue weighted by Crippen LogP contribution is 2.30. The summed E-state index contributed by atoms with van der Waals surface area (Å²) in [5.41, 5.74) is 0.334. The van der Waals surface area contributed by atoms with Crippen LogP contribution >= 0.6 is 11.6 Å². The van der Waals surface area contributed by atoms with E-state index in [2.05, 4.69) is 10.0 Å². The van der Waals surface area contributed by atoms with E-state index >= 15 is 0 Å². The van der Waals surface area contributed by atoms with Crippen molar-refractivity contribution < 1.29 is 17.9 Å². The van der Waals surface area contributed by atoms with Crippen molar-refractivity contribution >= 4 is 33.2 Å². The standard InChI is InChI=1S/C21H16ClN3O4S/c1-24-21(26)17-12-14(13-23)6-11-19(17)25-30(27,28)16-9-7-15(8-10-16)29-20-5-3-2-4-18(20)22/h2-12,25H,1H3,(H,24,26). The van der Waals surface area contributed by atoms with Crippen LogP contribution in [-0.4, -0.2) is 21.4 Å². The van der Waals surface area contributed by atoms with Gasteiger partial charge in [0.1, 0.15) is 11.5 Å². The quantitative estimate of drug-likeness (QED) is 0.597. The second-order valence-electron chi connectivity index (χ2n) is 6.06. The lowest BCUT2D eigenvalue weighted by Gasteiger charge is -2.13. The van der Waals surface area contributed by atoms with E-state index in [1.165, 1.54) is 49.5 Å². The van der Waals surface area contributed by atoms with E-state index in [0.717, 1.165) is 0 Å². The van der Waals surface area contributed by atoms with Crippen molar-refractivity contribution in [2.75, 3.05) is 11.8 Å². The number of carbonyl (C=O) groups is 1. The SMILES string of the molecule is CNC(=O)c1cc(C#N)ccc1NS(=O)(=O)c1ccc(Oc2ccccc2Cl)cc1. The zero-order chi connectivity index (χ0) is 21.7. The van der Waals surface area contributed by atoms with Crippen LogP contribution in [0.5, 0.6) is 11.5 Å². The summed E-state index contributed by atoms with van der Waals surface area (Å²) in [5.74, 6) is 0.334. The molecule has 152 valence electrons. The number of nitrogens with one attached hydrogen (secondary N) is 2. The second kappa shape index (κ2) is 8.86. The van der Waals surface area contributed by atoms with Gasteiger partial charge in [0, 0.05) is 7.05 Å². The number of hydrogen-bond acceptors (Lipinski definition) is 5. The van der Waals surface area contributed by atoms with Crippen LogP contribution in [0.1, 0.15) is 15.9 Å². The van der Waals surface area contributed by atoms with Gasteiger partial charge in [0.15, 0.2) is 0 Å². The summed E-state index contributed by atoms with van der Waals surface area (Å²) >= 11 is 6.06. The number of hydrogen-bond donors (Lipinski definition) is 2. The molecule has 0 fully saturated rings. The highest BCUT2D eigenvalue weighted by molar-refractivity contribution is 7.92. The van der Waals surface area contributed by atoms with Gasteiger partial charge in [0.2, 0.25) is 0 Å². The average Bonchev–Trinajstić information content (AvgIpc) is 2.75. The van der Waals surface area contributed by atoms with E-state index in [4.69, 9.17) is 21.6 Å². The number of nitrogens with zero attached hydrogens (tertiary/aromatic N) is 1. The van der Waals surface area contributed by atoms with Crippen LogP contribution in [0.3, 0.4) is 0 Å². The lowest BCUT2D eigenvalue weighted by Crippen LogP contribution is -2.22. The molecule has 7 nitrogen and oxygen atoms in total. The van der Waals surface area contributed by atoms with Gasteiger partial charge in [-0.15, -0.1) is 0 Å². The largest absolute Gasteiger partial charge is 0.456 e. The minimum absolute atomic E-state index is 0.0266. The first-order valence-corrected chi connectivity index (χ1v) is 10.5. The summed E-state index contributed by atoms with van der Waals surface area (Å²) in [6.45, 7) is 0. The Bertz CT molecular complexity index is 1240. The molecule has 30 heavy (non-hydrogen) atoms. The zero-order valence-corrected chi connectivity index (χ0v) is 17.3. The minimum Gasteiger partial charge on any atom is -0.456 e. The fraction of sp³-hybridized carbons (Fsp3) is 0.0476. The Morgan fingerprint density at radius 3 is 2.40 bits per heavy atom. The van der Waals surface area contributed by atoms with E-state index in [9.17, 15) is 13.2 Å². The Kier molecular flexibility index (Phi) is 6.26. The number of rotatable bonds is 6. The Morgan fingerprint density at radius 1 is 1.07 bits per heavy atom. The average molecular weight is 442 g/mol. The van der Waals surface area contributed by atoms with Crippen LogP contribution in [0.2, 0.25) is 5.02 Å². The molecule has 0 spiro atoms. The third-order valence-corrected chi connectivity index (χ3v) is 5.76. The molecule has 0 radical (unpaired) electrons. The molecule has 0 unspecified atom stereocenters. The maximum absolute atomic E-state index is 12.8. The molecule has 0 saturated heterocycles. The fourth-order valence-electron chi connectivity index (χ4n) is 2.57. The van der Waals surface area contributed by atoms with Crippen molar-refractivity contribution in [3.63, 3.8) is 0 Å². The van der Waals surface area contributed by atoms with Crippen LogP contribution in [0.15, 0.2) is 71.6 Å². The maximum Gasteiger partial charge on any atom is 0.261 e. The highest BCUT2D eigenvalue weighted by atomic mass is 35.5.